The monoisotopic (exact) mass is 638 g/mol. The van der Waals surface area contributed by atoms with E-state index in [0.29, 0.717) is 36.5 Å². The molecule has 1 amide bonds. The number of amides is 1. The Labute approximate surface area is 275 Å². The number of halogens is 1. The van der Waals surface area contributed by atoms with Crippen LogP contribution in [0.1, 0.15) is 74.5 Å². The van der Waals surface area contributed by atoms with Crippen LogP contribution in [0.4, 0.5) is 9.18 Å². The van der Waals surface area contributed by atoms with Gasteiger partial charge in [0.15, 0.2) is 17.2 Å². The standard InChI is InChI=1S/C38H43FN4O4/c1-26-14-17-29(18-15-26)33-25-43-35(31(41-33)23-27-12-8-7-9-13-27)42-32(36(43)44)24-28-16-19-34(30(39)22-28)46-21-11-6-5-10-20-40-37(45)47-38(2,3)4/h7-9,12-19,22,25,44H,5-6,10-11,20-21,23-24H2,1-4H3,(H,40,45). The Morgan fingerprint density at radius 2 is 1.62 bits per heavy atom. The van der Waals surface area contributed by atoms with Crippen molar-refractivity contribution in [1.82, 2.24) is 19.7 Å². The molecule has 47 heavy (non-hydrogen) atoms. The normalized spacial score (nSPS) is 11.5. The lowest BCUT2D eigenvalue weighted by Gasteiger charge is -2.19. The quantitative estimate of drug-likeness (QED) is 0.126. The Hall–Kier alpha value is -4.92. The number of alkyl carbamates (subject to hydrolysis) is 1. The Balaban J connectivity index is 1.21. The molecule has 0 aliphatic heterocycles. The number of ether oxygens (including phenoxy) is 2. The summed E-state index contributed by atoms with van der Waals surface area (Å²) >= 11 is 0. The maximum Gasteiger partial charge on any atom is 0.407 e. The summed E-state index contributed by atoms with van der Waals surface area (Å²) in [7, 11) is 0. The number of nitrogens with one attached hydrogen (secondary N) is 1. The van der Waals surface area contributed by atoms with Gasteiger partial charge in [0.05, 0.1) is 18.0 Å². The molecular weight excluding hydrogens is 595 g/mol. The molecule has 0 aliphatic rings. The third-order valence-electron chi connectivity index (χ3n) is 7.65. The number of rotatable bonds is 13. The van der Waals surface area contributed by atoms with Crippen LogP contribution in [0.3, 0.4) is 0 Å². The van der Waals surface area contributed by atoms with Crippen LogP contribution in [-0.4, -0.2) is 44.3 Å². The van der Waals surface area contributed by atoms with E-state index in [-0.39, 0.29) is 18.1 Å². The first kappa shape index (κ1) is 33.4. The second-order valence-corrected chi connectivity index (χ2v) is 12.8. The molecule has 2 aromatic heterocycles. The molecule has 2 heterocycles. The molecule has 5 rings (SSSR count). The molecule has 0 atom stereocenters. The Morgan fingerprint density at radius 3 is 2.34 bits per heavy atom. The van der Waals surface area contributed by atoms with Gasteiger partial charge in [-0.1, -0.05) is 79.1 Å². The summed E-state index contributed by atoms with van der Waals surface area (Å²) in [6.45, 7) is 8.47. The molecule has 3 aromatic carbocycles. The summed E-state index contributed by atoms with van der Waals surface area (Å²) in [6.07, 6.45) is 5.59. The van der Waals surface area contributed by atoms with Gasteiger partial charge < -0.3 is 19.9 Å². The van der Waals surface area contributed by atoms with Gasteiger partial charge in [-0.2, -0.15) is 0 Å². The van der Waals surface area contributed by atoms with Crippen molar-refractivity contribution in [2.75, 3.05) is 13.2 Å². The zero-order valence-corrected chi connectivity index (χ0v) is 27.6. The molecule has 0 fully saturated rings. The Bertz CT molecular complexity index is 1800. The first-order valence-electron chi connectivity index (χ1n) is 16.1. The van der Waals surface area contributed by atoms with Crippen molar-refractivity contribution in [3.8, 4) is 22.9 Å². The van der Waals surface area contributed by atoms with Gasteiger partial charge in [0.1, 0.15) is 11.3 Å². The van der Waals surface area contributed by atoms with Gasteiger partial charge in [-0.3, -0.25) is 4.40 Å². The molecule has 5 aromatic rings. The third kappa shape index (κ3) is 9.31. The number of benzene rings is 3. The lowest BCUT2D eigenvalue weighted by atomic mass is 10.1. The summed E-state index contributed by atoms with van der Waals surface area (Å²) in [4.78, 5) is 21.5. The van der Waals surface area contributed by atoms with Crippen LogP contribution >= 0.6 is 0 Å². The number of aromatic nitrogens is 3. The van der Waals surface area contributed by atoms with Crippen LogP contribution in [0.2, 0.25) is 0 Å². The topological polar surface area (TPSA) is 98.0 Å². The van der Waals surface area contributed by atoms with E-state index in [1.807, 2.05) is 82.3 Å². The van der Waals surface area contributed by atoms with Crippen molar-refractivity contribution >= 4 is 11.7 Å². The zero-order valence-electron chi connectivity index (χ0n) is 27.6. The van der Waals surface area contributed by atoms with E-state index < -0.39 is 17.5 Å². The largest absolute Gasteiger partial charge is 0.493 e. The van der Waals surface area contributed by atoms with E-state index in [1.165, 1.54) is 6.07 Å². The first-order chi connectivity index (χ1) is 22.6. The van der Waals surface area contributed by atoms with Crippen molar-refractivity contribution in [1.29, 1.82) is 0 Å². The molecule has 0 saturated heterocycles. The molecule has 0 spiro atoms. The van der Waals surface area contributed by atoms with Gasteiger partial charge in [-0.15, -0.1) is 0 Å². The van der Waals surface area contributed by atoms with E-state index in [2.05, 4.69) is 5.32 Å². The van der Waals surface area contributed by atoms with Gasteiger partial charge in [-0.05, 0) is 63.8 Å². The average molecular weight is 639 g/mol. The van der Waals surface area contributed by atoms with Crippen LogP contribution in [0.5, 0.6) is 11.6 Å². The number of aromatic hydroxyl groups is 1. The minimum absolute atomic E-state index is 0.00658. The fraction of sp³-hybridized carbons (Fsp3) is 0.342. The van der Waals surface area contributed by atoms with E-state index in [4.69, 9.17) is 19.4 Å². The Morgan fingerprint density at radius 1 is 0.894 bits per heavy atom. The highest BCUT2D eigenvalue weighted by Crippen LogP contribution is 2.29. The number of unbranched alkanes of at least 4 members (excludes halogenated alkanes) is 3. The number of carbonyl (C=O) groups excluding carboxylic acids is 1. The van der Waals surface area contributed by atoms with E-state index in [1.54, 1.807) is 22.7 Å². The maximum atomic E-state index is 15.0. The van der Waals surface area contributed by atoms with Gasteiger partial charge in [0.2, 0.25) is 5.88 Å². The summed E-state index contributed by atoms with van der Waals surface area (Å²) in [5.41, 5.74) is 5.81. The highest BCUT2D eigenvalue weighted by molar-refractivity contribution is 5.67. The van der Waals surface area contributed by atoms with Gasteiger partial charge in [0, 0.05) is 31.1 Å². The molecular formula is C38H43FN4O4. The van der Waals surface area contributed by atoms with Crippen molar-refractivity contribution in [3.05, 3.63) is 113 Å². The molecule has 8 nitrogen and oxygen atoms in total. The number of nitrogens with zero attached hydrogens (tertiary/aromatic N) is 3. The van der Waals surface area contributed by atoms with Crippen molar-refractivity contribution in [3.63, 3.8) is 0 Å². The predicted molar refractivity (Wildman–Crippen MR) is 181 cm³/mol. The van der Waals surface area contributed by atoms with E-state index in [0.717, 1.165) is 53.8 Å². The van der Waals surface area contributed by atoms with Crippen LogP contribution < -0.4 is 10.1 Å². The molecule has 0 unspecified atom stereocenters. The van der Waals surface area contributed by atoms with Gasteiger partial charge in [0.25, 0.3) is 0 Å². The molecule has 9 heteroatoms. The van der Waals surface area contributed by atoms with Crippen LogP contribution in [-0.2, 0) is 17.6 Å². The SMILES string of the molecule is Cc1ccc(-c2cn3c(O)c(Cc4ccc(OCCCCCCNC(=O)OC(C)(C)C)c(F)c4)nc3c(Cc3ccccc3)n2)cc1. The van der Waals surface area contributed by atoms with Crippen LogP contribution in [0, 0.1) is 12.7 Å². The van der Waals surface area contributed by atoms with Crippen molar-refractivity contribution < 1.29 is 23.8 Å². The van der Waals surface area contributed by atoms with Gasteiger partial charge in [-0.25, -0.2) is 19.2 Å². The molecule has 0 saturated carbocycles. The number of imidazole rings is 1. The summed E-state index contributed by atoms with van der Waals surface area (Å²) in [5, 5.41) is 14.1. The smallest absolute Gasteiger partial charge is 0.407 e. The zero-order chi connectivity index (χ0) is 33.4. The first-order valence-corrected chi connectivity index (χ1v) is 16.1. The van der Waals surface area contributed by atoms with E-state index >= 15 is 4.39 Å². The van der Waals surface area contributed by atoms with Crippen LogP contribution in [0.25, 0.3) is 16.9 Å². The highest BCUT2D eigenvalue weighted by atomic mass is 19.1. The van der Waals surface area contributed by atoms with Crippen molar-refractivity contribution in [2.24, 2.45) is 0 Å². The number of fused-ring (bicyclic) bond motifs is 1. The number of hydrogen-bond acceptors (Lipinski definition) is 6. The fourth-order valence-corrected chi connectivity index (χ4v) is 5.27. The third-order valence-corrected chi connectivity index (χ3v) is 7.65. The second kappa shape index (κ2) is 15.1. The Kier molecular flexibility index (Phi) is 10.8. The summed E-state index contributed by atoms with van der Waals surface area (Å²) < 4.78 is 27.6. The molecule has 0 radical (unpaired) electrons. The van der Waals surface area contributed by atoms with E-state index in [9.17, 15) is 9.90 Å². The predicted octanol–water partition coefficient (Wildman–Crippen LogP) is 8.19. The molecule has 0 bridgehead atoms. The minimum Gasteiger partial charge on any atom is -0.493 e. The summed E-state index contributed by atoms with van der Waals surface area (Å²) in [6, 6.07) is 23.0. The fourth-order valence-electron chi connectivity index (χ4n) is 5.27. The number of carbonyl (C=O) groups is 1. The summed E-state index contributed by atoms with van der Waals surface area (Å²) in [5.74, 6) is -0.260. The molecule has 2 N–H and O–H groups in total. The van der Waals surface area contributed by atoms with Crippen molar-refractivity contribution in [2.45, 2.75) is 71.8 Å². The number of hydrogen-bond donors (Lipinski definition) is 2. The lowest BCUT2D eigenvalue weighted by Crippen LogP contribution is -2.32. The molecule has 0 aliphatic carbocycles. The second-order valence-electron chi connectivity index (χ2n) is 12.8. The van der Waals surface area contributed by atoms with Gasteiger partial charge >= 0.3 is 6.09 Å². The maximum absolute atomic E-state index is 15.0. The van der Waals surface area contributed by atoms with Crippen LogP contribution in [0.15, 0.2) is 79.0 Å². The highest BCUT2D eigenvalue weighted by Gasteiger charge is 2.19. The minimum atomic E-state index is -0.512. The average Bonchev–Trinajstić information content (AvgIpc) is 3.34. The molecule has 246 valence electrons. The number of aryl methyl sites for hydroxylation is 1. The lowest BCUT2D eigenvalue weighted by molar-refractivity contribution is 0.0527.